The van der Waals surface area contributed by atoms with Crippen molar-refractivity contribution in [1.29, 1.82) is 0 Å². The van der Waals surface area contributed by atoms with Gasteiger partial charge in [-0.3, -0.25) is 19.7 Å². The first-order chi connectivity index (χ1) is 19.5. The average molecular weight is 688 g/mol. The van der Waals surface area contributed by atoms with Crippen LogP contribution in [-0.2, 0) is 14.4 Å². The van der Waals surface area contributed by atoms with Crippen molar-refractivity contribution in [3.05, 3.63) is 85.0 Å². The minimum absolute atomic E-state index is 0.217. The lowest BCUT2D eigenvalue weighted by Gasteiger charge is -2.27. The molecule has 1 aliphatic rings. The maximum Gasteiger partial charge on any atom is 0.335 e. The molecule has 0 aliphatic carbocycles. The standard InChI is InChI=1S/C30H27ClIN3O6/c1-5-40-25-13-19(12-24(32)27(25)41-15-26(36)33-20-8-6-17(3)23(31)14-20)11-22-28(37)34-30(39)35(29(22)38)21-9-7-16(2)18(4)10-21/h6-14H,5,15H2,1-4H3,(H,33,36)(H,34,37,39)/b22-11-. The van der Waals surface area contributed by atoms with E-state index < -0.39 is 23.8 Å². The van der Waals surface area contributed by atoms with Crippen LogP contribution in [0.4, 0.5) is 16.2 Å². The number of amides is 5. The van der Waals surface area contributed by atoms with Crippen LogP contribution in [-0.4, -0.2) is 37.0 Å². The minimum atomic E-state index is -0.820. The number of benzene rings is 3. The van der Waals surface area contributed by atoms with Gasteiger partial charge in [0.1, 0.15) is 5.57 Å². The van der Waals surface area contributed by atoms with Crippen molar-refractivity contribution >= 4 is 75.4 Å². The molecule has 1 fully saturated rings. The highest BCUT2D eigenvalue weighted by atomic mass is 127. The Morgan fingerprint density at radius 3 is 2.41 bits per heavy atom. The second-order valence-corrected chi connectivity index (χ2v) is 10.9. The van der Waals surface area contributed by atoms with Gasteiger partial charge in [0.05, 0.1) is 15.9 Å². The third-order valence-electron chi connectivity index (χ3n) is 6.30. The van der Waals surface area contributed by atoms with Gasteiger partial charge in [-0.2, -0.15) is 0 Å². The van der Waals surface area contributed by atoms with E-state index in [-0.39, 0.29) is 12.2 Å². The number of hydrogen-bond acceptors (Lipinski definition) is 6. The zero-order chi connectivity index (χ0) is 29.8. The minimum Gasteiger partial charge on any atom is -0.490 e. The maximum atomic E-state index is 13.3. The summed E-state index contributed by atoms with van der Waals surface area (Å²) in [4.78, 5) is 52.1. The largest absolute Gasteiger partial charge is 0.490 e. The van der Waals surface area contributed by atoms with Gasteiger partial charge in [0.25, 0.3) is 17.7 Å². The molecule has 3 aromatic carbocycles. The molecule has 4 rings (SSSR count). The second kappa shape index (κ2) is 12.7. The van der Waals surface area contributed by atoms with Crippen LogP contribution < -0.4 is 25.0 Å². The summed E-state index contributed by atoms with van der Waals surface area (Å²) in [6, 6.07) is 12.8. The quantitative estimate of drug-likeness (QED) is 0.172. The molecule has 3 aromatic rings. The molecule has 1 saturated heterocycles. The van der Waals surface area contributed by atoms with Crippen LogP contribution in [0.2, 0.25) is 5.02 Å². The number of urea groups is 1. The lowest BCUT2D eigenvalue weighted by atomic mass is 10.0. The maximum absolute atomic E-state index is 13.3. The molecule has 11 heteroatoms. The number of anilines is 2. The number of nitrogens with zero attached hydrogens (tertiary/aromatic N) is 1. The zero-order valence-corrected chi connectivity index (χ0v) is 25.7. The molecule has 0 aromatic heterocycles. The normalized spacial score (nSPS) is 14.2. The van der Waals surface area contributed by atoms with Crippen molar-refractivity contribution in [1.82, 2.24) is 5.32 Å². The van der Waals surface area contributed by atoms with Crippen LogP contribution >= 0.6 is 34.2 Å². The Balaban J connectivity index is 1.58. The summed E-state index contributed by atoms with van der Waals surface area (Å²) in [5.41, 5.74) is 3.94. The zero-order valence-electron chi connectivity index (χ0n) is 22.8. The summed E-state index contributed by atoms with van der Waals surface area (Å²) >= 11 is 8.16. The monoisotopic (exact) mass is 687 g/mol. The van der Waals surface area contributed by atoms with Crippen LogP contribution in [0.25, 0.3) is 6.08 Å². The van der Waals surface area contributed by atoms with Crippen molar-refractivity contribution in [3.8, 4) is 11.5 Å². The van der Waals surface area contributed by atoms with Crippen molar-refractivity contribution in [2.75, 3.05) is 23.4 Å². The van der Waals surface area contributed by atoms with Gasteiger partial charge < -0.3 is 14.8 Å². The average Bonchev–Trinajstić information content (AvgIpc) is 2.90. The first kappa shape index (κ1) is 30.1. The number of nitrogens with one attached hydrogen (secondary N) is 2. The third kappa shape index (κ3) is 6.88. The number of ether oxygens (including phenoxy) is 2. The van der Waals surface area contributed by atoms with Gasteiger partial charge in [0, 0.05) is 10.7 Å². The van der Waals surface area contributed by atoms with Gasteiger partial charge in [-0.05, 0) is 115 Å². The number of halogens is 2. The molecule has 0 bridgehead atoms. The SMILES string of the molecule is CCOc1cc(/C=C2/C(=O)NC(=O)N(c3ccc(C)c(C)c3)C2=O)cc(I)c1OCC(=O)Nc1ccc(C)c(Cl)c1. The molecule has 0 unspecified atom stereocenters. The molecular formula is C30H27ClIN3O6. The van der Waals surface area contributed by atoms with Crippen molar-refractivity contribution in [2.24, 2.45) is 0 Å². The molecule has 41 heavy (non-hydrogen) atoms. The fourth-order valence-corrected chi connectivity index (χ4v) is 4.96. The lowest BCUT2D eigenvalue weighted by molar-refractivity contribution is -0.122. The van der Waals surface area contributed by atoms with E-state index in [0.29, 0.717) is 43.6 Å². The summed E-state index contributed by atoms with van der Waals surface area (Å²) in [7, 11) is 0. The molecule has 5 amide bonds. The van der Waals surface area contributed by atoms with Crippen molar-refractivity contribution in [3.63, 3.8) is 0 Å². The molecule has 0 spiro atoms. The number of barbiturate groups is 1. The number of carbonyl (C=O) groups is 4. The van der Waals surface area contributed by atoms with E-state index in [1.807, 2.05) is 43.4 Å². The molecule has 212 valence electrons. The van der Waals surface area contributed by atoms with Gasteiger partial charge >= 0.3 is 6.03 Å². The Bertz CT molecular complexity index is 1600. The van der Waals surface area contributed by atoms with Gasteiger partial charge in [-0.1, -0.05) is 23.7 Å². The summed E-state index contributed by atoms with van der Waals surface area (Å²) in [6.45, 7) is 7.45. The van der Waals surface area contributed by atoms with Crippen LogP contribution in [0.1, 0.15) is 29.2 Å². The highest BCUT2D eigenvalue weighted by Gasteiger charge is 2.37. The number of imide groups is 2. The number of hydrogen-bond donors (Lipinski definition) is 2. The molecule has 1 aliphatic heterocycles. The van der Waals surface area contributed by atoms with Crippen molar-refractivity contribution < 1.29 is 28.7 Å². The molecule has 0 radical (unpaired) electrons. The van der Waals surface area contributed by atoms with E-state index in [9.17, 15) is 19.2 Å². The van der Waals surface area contributed by atoms with E-state index in [4.69, 9.17) is 21.1 Å². The molecular weight excluding hydrogens is 661 g/mol. The topological polar surface area (TPSA) is 114 Å². The van der Waals surface area contributed by atoms with Crippen LogP contribution in [0.5, 0.6) is 11.5 Å². The van der Waals surface area contributed by atoms with Gasteiger partial charge in [-0.25, -0.2) is 9.69 Å². The molecule has 1 heterocycles. The van der Waals surface area contributed by atoms with Crippen LogP contribution in [0.15, 0.2) is 54.1 Å². The predicted octanol–water partition coefficient (Wildman–Crippen LogP) is 5.95. The van der Waals surface area contributed by atoms with Gasteiger partial charge in [0.2, 0.25) is 0 Å². The van der Waals surface area contributed by atoms with Crippen molar-refractivity contribution in [2.45, 2.75) is 27.7 Å². The smallest absolute Gasteiger partial charge is 0.335 e. The van der Waals surface area contributed by atoms with Crippen LogP contribution in [0, 0.1) is 24.3 Å². The Kier molecular flexibility index (Phi) is 9.34. The van der Waals surface area contributed by atoms with Gasteiger partial charge in [-0.15, -0.1) is 0 Å². The molecule has 0 saturated carbocycles. The van der Waals surface area contributed by atoms with E-state index in [1.165, 1.54) is 6.08 Å². The summed E-state index contributed by atoms with van der Waals surface area (Å²) in [5, 5.41) is 5.51. The number of carbonyl (C=O) groups excluding carboxylic acids is 4. The number of aryl methyl sites for hydroxylation is 3. The fraction of sp³-hybridized carbons (Fsp3) is 0.200. The van der Waals surface area contributed by atoms with Crippen LogP contribution in [0.3, 0.4) is 0 Å². The highest BCUT2D eigenvalue weighted by molar-refractivity contribution is 14.1. The van der Waals surface area contributed by atoms with E-state index in [0.717, 1.165) is 21.6 Å². The van der Waals surface area contributed by atoms with E-state index in [2.05, 4.69) is 10.6 Å². The van der Waals surface area contributed by atoms with Gasteiger partial charge in [0.15, 0.2) is 18.1 Å². The Morgan fingerprint density at radius 1 is 1.00 bits per heavy atom. The Labute approximate surface area is 256 Å². The first-order valence-corrected chi connectivity index (χ1v) is 14.1. The summed E-state index contributed by atoms with van der Waals surface area (Å²) in [5.74, 6) is -1.29. The predicted molar refractivity (Wildman–Crippen MR) is 166 cm³/mol. The molecule has 0 atom stereocenters. The summed E-state index contributed by atoms with van der Waals surface area (Å²) in [6.07, 6.45) is 1.39. The molecule has 2 N–H and O–H groups in total. The third-order valence-corrected chi connectivity index (χ3v) is 7.50. The highest BCUT2D eigenvalue weighted by Crippen LogP contribution is 2.35. The van der Waals surface area contributed by atoms with E-state index in [1.54, 1.807) is 55.5 Å². The van der Waals surface area contributed by atoms with E-state index >= 15 is 0 Å². The first-order valence-electron chi connectivity index (χ1n) is 12.6. The second-order valence-electron chi connectivity index (χ2n) is 9.29. The number of rotatable bonds is 8. The summed E-state index contributed by atoms with van der Waals surface area (Å²) < 4.78 is 12.1. The lowest BCUT2D eigenvalue weighted by Crippen LogP contribution is -2.54. The Morgan fingerprint density at radius 2 is 1.73 bits per heavy atom. The Hall–Kier alpha value is -3.90. The molecule has 9 nitrogen and oxygen atoms in total. The fourth-order valence-electron chi connectivity index (χ4n) is 4.00.